The van der Waals surface area contributed by atoms with Gasteiger partial charge < -0.3 is 20.7 Å². The Morgan fingerprint density at radius 1 is 1.06 bits per heavy atom. The number of aromatic nitrogens is 4. The van der Waals surface area contributed by atoms with Crippen molar-refractivity contribution < 1.29 is 27.5 Å². The van der Waals surface area contributed by atoms with Crippen LogP contribution in [0.3, 0.4) is 0 Å². The summed E-state index contributed by atoms with van der Waals surface area (Å²) in [5.74, 6) is -0.640. The molecule has 3 N–H and O–H groups in total. The van der Waals surface area contributed by atoms with Crippen molar-refractivity contribution in [2.75, 3.05) is 5.73 Å². The van der Waals surface area contributed by atoms with E-state index in [9.17, 15) is 27.6 Å². The Balaban J connectivity index is 1.26. The maximum absolute atomic E-state index is 14.3. The van der Waals surface area contributed by atoms with Gasteiger partial charge in [0.05, 0.1) is 47.2 Å². The lowest BCUT2D eigenvalue weighted by Gasteiger charge is -2.34. The molecule has 3 aromatic carbocycles. The molecule has 5 aromatic rings. The van der Waals surface area contributed by atoms with Gasteiger partial charge in [-0.05, 0) is 73.9 Å². The van der Waals surface area contributed by atoms with Crippen LogP contribution >= 0.6 is 15.9 Å². The van der Waals surface area contributed by atoms with Gasteiger partial charge in [0.2, 0.25) is 0 Å². The van der Waals surface area contributed by atoms with E-state index in [0.717, 1.165) is 18.9 Å². The molecule has 0 radical (unpaired) electrons. The van der Waals surface area contributed by atoms with E-state index in [4.69, 9.17) is 10.5 Å². The number of nitrogens with zero attached hydrogens (tertiary/aromatic N) is 5. The Morgan fingerprint density at radius 2 is 1.80 bits per heavy atom. The number of fused-ring (bicyclic) bond motifs is 1. The maximum atomic E-state index is 14.3. The highest BCUT2D eigenvalue weighted by atomic mass is 79.9. The van der Waals surface area contributed by atoms with Crippen LogP contribution in [-0.4, -0.2) is 48.2 Å². The maximum Gasteiger partial charge on any atom is 0.417 e. The summed E-state index contributed by atoms with van der Waals surface area (Å²) in [5.41, 5.74) is 7.24. The molecule has 1 fully saturated rings. The highest BCUT2D eigenvalue weighted by Gasteiger charge is 2.37. The third-order valence-electron chi connectivity index (χ3n) is 8.87. The van der Waals surface area contributed by atoms with Gasteiger partial charge in [-0.3, -0.25) is 18.7 Å². The van der Waals surface area contributed by atoms with Crippen molar-refractivity contribution >= 4 is 33.4 Å². The number of benzene rings is 3. The molecule has 0 saturated heterocycles. The summed E-state index contributed by atoms with van der Waals surface area (Å²) in [5, 5.41) is 11.0. The summed E-state index contributed by atoms with van der Waals surface area (Å²) in [6, 6.07) is 18.5. The van der Waals surface area contributed by atoms with Gasteiger partial charge in [0.1, 0.15) is 11.4 Å². The van der Waals surface area contributed by atoms with Crippen molar-refractivity contribution in [3.05, 3.63) is 122 Å². The van der Waals surface area contributed by atoms with Crippen LogP contribution in [0, 0.1) is 0 Å². The van der Waals surface area contributed by atoms with Crippen molar-refractivity contribution in [3.63, 3.8) is 0 Å². The van der Waals surface area contributed by atoms with Gasteiger partial charge in [0, 0.05) is 34.7 Å². The number of carbonyl (C=O) groups excluding carboxylic acids is 2. The van der Waals surface area contributed by atoms with E-state index >= 15 is 0 Å². The van der Waals surface area contributed by atoms with Crippen molar-refractivity contribution in [2.45, 2.75) is 57.7 Å². The van der Waals surface area contributed by atoms with Crippen LogP contribution in [-0.2, 0) is 25.8 Å². The first kappa shape index (κ1) is 34.0. The molecule has 2 aliphatic rings. The fourth-order valence-electron chi connectivity index (χ4n) is 6.15. The van der Waals surface area contributed by atoms with Crippen LogP contribution in [0.2, 0.25) is 0 Å². The Bertz CT molecular complexity index is 2210. The zero-order chi connectivity index (χ0) is 36.0. The summed E-state index contributed by atoms with van der Waals surface area (Å²) in [6.07, 6.45) is -1.17. The highest BCUT2D eigenvalue weighted by molar-refractivity contribution is 9.10. The zero-order valence-electron chi connectivity index (χ0n) is 27.2. The SMILES string of the molecule is C[C@H]1Cn2c(c(C(=O)NCc3ccccc3-c3cc(N)cnn3)n(-c3ccc(OC4CC4)cc3)c2=O)CN1C(=O)c1ccc(Br)c(C(F)(F)F)c1. The Kier molecular flexibility index (Phi) is 8.91. The molecule has 262 valence electrons. The number of carbonyl (C=O) groups is 2. The third kappa shape index (κ3) is 6.85. The number of rotatable bonds is 8. The van der Waals surface area contributed by atoms with E-state index in [1.54, 1.807) is 37.3 Å². The van der Waals surface area contributed by atoms with Crippen molar-refractivity contribution in [1.29, 1.82) is 0 Å². The van der Waals surface area contributed by atoms with E-state index in [0.29, 0.717) is 33.9 Å². The summed E-state index contributed by atoms with van der Waals surface area (Å²) in [7, 11) is 0. The Hall–Kier alpha value is -5.44. The molecular weight excluding hydrogens is 731 g/mol. The first-order valence-electron chi connectivity index (χ1n) is 16.1. The van der Waals surface area contributed by atoms with Crippen LogP contribution in [0.1, 0.15) is 57.4 Å². The lowest BCUT2D eigenvalue weighted by Crippen LogP contribution is -2.47. The fourth-order valence-corrected chi connectivity index (χ4v) is 6.62. The van der Waals surface area contributed by atoms with Gasteiger partial charge in [-0.15, -0.1) is 0 Å². The second-order valence-electron chi connectivity index (χ2n) is 12.5. The molecular formula is C36H31BrF3N7O4. The van der Waals surface area contributed by atoms with Crippen molar-refractivity contribution in [2.24, 2.45) is 0 Å². The largest absolute Gasteiger partial charge is 0.490 e. The molecule has 0 unspecified atom stereocenters. The number of nitrogens with two attached hydrogens (primary N) is 1. The molecule has 11 nitrogen and oxygen atoms in total. The molecule has 15 heteroatoms. The second-order valence-corrected chi connectivity index (χ2v) is 13.4. The molecule has 7 rings (SSSR count). The lowest BCUT2D eigenvalue weighted by atomic mass is 10.0. The van der Waals surface area contributed by atoms with Crippen LogP contribution in [0.4, 0.5) is 18.9 Å². The molecule has 51 heavy (non-hydrogen) atoms. The van der Waals surface area contributed by atoms with Crippen molar-refractivity contribution in [3.8, 4) is 22.7 Å². The average Bonchev–Trinajstić information content (AvgIpc) is 3.88. The Morgan fingerprint density at radius 3 is 2.51 bits per heavy atom. The monoisotopic (exact) mass is 761 g/mol. The number of nitrogens with one attached hydrogen (secondary N) is 1. The zero-order valence-corrected chi connectivity index (χ0v) is 28.7. The number of imidazole rings is 1. The molecule has 1 aliphatic carbocycles. The van der Waals surface area contributed by atoms with E-state index in [1.165, 1.54) is 32.4 Å². The minimum absolute atomic E-state index is 0.00595. The highest BCUT2D eigenvalue weighted by Crippen LogP contribution is 2.36. The molecule has 2 amide bonds. The van der Waals surface area contributed by atoms with Gasteiger partial charge in [0.15, 0.2) is 0 Å². The summed E-state index contributed by atoms with van der Waals surface area (Å²) >= 11 is 2.92. The molecule has 1 saturated carbocycles. The van der Waals surface area contributed by atoms with Crippen LogP contribution in [0.15, 0.2) is 88.3 Å². The number of amides is 2. The van der Waals surface area contributed by atoms with Crippen LogP contribution in [0.25, 0.3) is 16.9 Å². The summed E-state index contributed by atoms with van der Waals surface area (Å²) in [4.78, 5) is 43.5. The first-order chi connectivity index (χ1) is 24.4. The van der Waals surface area contributed by atoms with E-state index in [1.807, 2.05) is 24.3 Å². The topological polar surface area (TPSA) is 137 Å². The minimum atomic E-state index is -4.69. The Labute approximate surface area is 298 Å². The summed E-state index contributed by atoms with van der Waals surface area (Å²) in [6.45, 7) is 1.54. The van der Waals surface area contributed by atoms with Crippen LogP contribution < -0.4 is 21.5 Å². The number of alkyl halides is 3. The van der Waals surface area contributed by atoms with Crippen molar-refractivity contribution in [1.82, 2.24) is 29.5 Å². The predicted molar refractivity (Wildman–Crippen MR) is 185 cm³/mol. The number of anilines is 1. The molecule has 1 atom stereocenters. The van der Waals surface area contributed by atoms with Crippen LogP contribution in [0.5, 0.6) is 5.75 Å². The fraction of sp³-hybridized carbons (Fsp3) is 0.250. The number of ether oxygens (including phenoxy) is 1. The first-order valence-corrected chi connectivity index (χ1v) is 16.9. The summed E-state index contributed by atoms with van der Waals surface area (Å²) < 4.78 is 49.6. The van der Waals surface area contributed by atoms with Gasteiger partial charge in [-0.2, -0.15) is 23.4 Å². The number of nitrogen functional groups attached to an aromatic ring is 1. The molecule has 0 bridgehead atoms. The second kappa shape index (κ2) is 13.4. The van der Waals surface area contributed by atoms with E-state index in [-0.39, 0.29) is 47.2 Å². The number of halogens is 4. The molecule has 3 heterocycles. The predicted octanol–water partition coefficient (Wildman–Crippen LogP) is 5.98. The molecule has 1 aliphatic heterocycles. The van der Waals surface area contributed by atoms with Gasteiger partial charge in [-0.25, -0.2) is 4.79 Å². The van der Waals surface area contributed by atoms with Gasteiger partial charge in [-0.1, -0.05) is 40.2 Å². The molecule has 2 aromatic heterocycles. The smallest absolute Gasteiger partial charge is 0.417 e. The van der Waals surface area contributed by atoms with Gasteiger partial charge >= 0.3 is 11.9 Å². The molecule has 0 spiro atoms. The normalized spacial score (nSPS) is 15.7. The quantitative estimate of drug-likeness (QED) is 0.199. The number of hydrogen-bond acceptors (Lipinski definition) is 7. The third-order valence-corrected chi connectivity index (χ3v) is 9.56. The minimum Gasteiger partial charge on any atom is -0.490 e. The average molecular weight is 763 g/mol. The van der Waals surface area contributed by atoms with Gasteiger partial charge in [0.25, 0.3) is 11.8 Å². The standard InChI is InChI=1S/C36H31BrF3N7O4/c1-20-18-46-31(19-45(20)34(49)21-6-13-29(37)28(14-21)36(38,39)40)32(47(35(46)50)24-7-9-25(10-8-24)51-26-11-12-26)33(48)42-16-22-4-2-3-5-27(22)30-15-23(41)17-43-44-30/h2-10,13-15,17,20,26H,11-12,16,18-19H2,1H3,(H2,41,44)(H,42,48)/t20-/m0/s1. The van der Waals surface area contributed by atoms with E-state index in [2.05, 4.69) is 31.4 Å². The lowest BCUT2D eigenvalue weighted by molar-refractivity contribution is -0.138. The number of hydrogen-bond donors (Lipinski definition) is 2. The van der Waals surface area contributed by atoms with E-state index < -0.39 is 35.3 Å².